The standard InChI is InChI=1S/C28H33F3N8O2S/c1-17-5-6-19(11-24(17)39(33-3)16-23(32)25-15-34-27(42-25)35-18(2)40)26(41)36-21-12-20(28(29,30)31)13-22(14-21)38-9-7-37(4)8-10-38/h5-6,11-16,33H,7-10,32H2,1-4H3,(H,36,41)(H,34,35,40)/b23-16-. The van der Waals surface area contributed by atoms with Gasteiger partial charge in [-0.15, -0.1) is 0 Å². The highest BCUT2D eigenvalue weighted by atomic mass is 32.1. The molecule has 0 saturated carbocycles. The maximum atomic E-state index is 13.8. The first-order chi connectivity index (χ1) is 19.8. The second-order valence-corrected chi connectivity index (χ2v) is 10.9. The van der Waals surface area contributed by atoms with Gasteiger partial charge < -0.3 is 26.2 Å². The lowest BCUT2D eigenvalue weighted by molar-refractivity contribution is -0.137. The van der Waals surface area contributed by atoms with E-state index in [0.29, 0.717) is 40.2 Å². The number of rotatable bonds is 8. The zero-order valence-electron chi connectivity index (χ0n) is 23.7. The van der Waals surface area contributed by atoms with E-state index in [4.69, 9.17) is 5.73 Å². The van der Waals surface area contributed by atoms with Crippen molar-refractivity contribution in [2.75, 3.05) is 60.8 Å². The van der Waals surface area contributed by atoms with E-state index in [1.807, 2.05) is 18.9 Å². The third kappa shape index (κ3) is 7.57. The fourth-order valence-corrected chi connectivity index (χ4v) is 5.17. The predicted octanol–water partition coefficient (Wildman–Crippen LogP) is 4.33. The van der Waals surface area contributed by atoms with Gasteiger partial charge >= 0.3 is 6.18 Å². The third-order valence-corrected chi connectivity index (χ3v) is 7.65. The van der Waals surface area contributed by atoms with Gasteiger partial charge in [0.1, 0.15) is 0 Å². The molecule has 0 radical (unpaired) electrons. The molecule has 3 aromatic rings. The molecule has 0 bridgehead atoms. The summed E-state index contributed by atoms with van der Waals surface area (Å²) >= 11 is 1.20. The molecule has 4 rings (SSSR count). The summed E-state index contributed by atoms with van der Waals surface area (Å²) in [6.45, 7) is 5.85. The number of hydrazine groups is 1. The zero-order valence-corrected chi connectivity index (χ0v) is 24.5. The number of carbonyl (C=O) groups is 2. The number of aromatic nitrogens is 1. The van der Waals surface area contributed by atoms with E-state index in [9.17, 15) is 22.8 Å². The van der Waals surface area contributed by atoms with E-state index < -0.39 is 17.6 Å². The first kappa shape index (κ1) is 30.8. The Kier molecular flexibility index (Phi) is 9.39. The molecule has 0 spiro atoms. The Balaban J connectivity index is 1.59. The monoisotopic (exact) mass is 602 g/mol. The highest BCUT2D eigenvalue weighted by molar-refractivity contribution is 7.16. The zero-order chi connectivity index (χ0) is 30.6. The van der Waals surface area contributed by atoms with Gasteiger partial charge in [-0.25, -0.2) is 10.4 Å². The van der Waals surface area contributed by atoms with E-state index in [1.54, 1.807) is 42.5 Å². The number of likely N-dealkylation sites (N-methyl/N-ethyl adjacent to an activating group) is 1. The lowest BCUT2D eigenvalue weighted by Gasteiger charge is -2.34. The van der Waals surface area contributed by atoms with Gasteiger partial charge in [0.15, 0.2) is 5.13 Å². The molecule has 2 heterocycles. The number of hydrogen-bond acceptors (Lipinski definition) is 9. The Morgan fingerprint density at radius 1 is 1.10 bits per heavy atom. The number of benzene rings is 2. The van der Waals surface area contributed by atoms with Crippen LogP contribution in [0, 0.1) is 6.92 Å². The number of nitrogens with one attached hydrogen (secondary N) is 3. The molecule has 42 heavy (non-hydrogen) atoms. The lowest BCUT2D eigenvalue weighted by Crippen LogP contribution is -2.44. The van der Waals surface area contributed by atoms with Crippen LogP contribution in [0.3, 0.4) is 0 Å². The van der Waals surface area contributed by atoms with Crippen molar-refractivity contribution >= 4 is 51.0 Å². The molecule has 1 aliphatic rings. The van der Waals surface area contributed by atoms with Crippen molar-refractivity contribution in [2.24, 2.45) is 5.73 Å². The molecule has 10 nitrogen and oxygen atoms in total. The van der Waals surface area contributed by atoms with Crippen LogP contribution < -0.4 is 31.7 Å². The largest absolute Gasteiger partial charge is 0.416 e. The fourth-order valence-electron chi connectivity index (χ4n) is 4.38. The van der Waals surface area contributed by atoms with E-state index in [0.717, 1.165) is 30.8 Å². The van der Waals surface area contributed by atoms with Crippen molar-refractivity contribution in [3.8, 4) is 0 Å². The lowest BCUT2D eigenvalue weighted by atomic mass is 10.1. The van der Waals surface area contributed by atoms with Crippen LogP contribution in [-0.2, 0) is 11.0 Å². The number of hydrogen-bond donors (Lipinski definition) is 4. The Hall–Kier alpha value is -4.14. The maximum Gasteiger partial charge on any atom is 0.416 e. The second-order valence-electron chi connectivity index (χ2n) is 9.90. The minimum atomic E-state index is -4.57. The maximum absolute atomic E-state index is 13.8. The van der Waals surface area contributed by atoms with Crippen LogP contribution in [0.5, 0.6) is 0 Å². The number of anilines is 4. The molecule has 5 N–H and O–H groups in total. The number of halogens is 3. The summed E-state index contributed by atoms with van der Waals surface area (Å²) in [5.74, 6) is -0.808. The van der Waals surface area contributed by atoms with Crippen molar-refractivity contribution < 1.29 is 22.8 Å². The van der Waals surface area contributed by atoms with Crippen LogP contribution in [0.25, 0.3) is 5.70 Å². The number of aryl methyl sites for hydroxylation is 1. The van der Waals surface area contributed by atoms with Crippen molar-refractivity contribution in [3.63, 3.8) is 0 Å². The number of alkyl halides is 3. The predicted molar refractivity (Wildman–Crippen MR) is 160 cm³/mol. The molecule has 1 aliphatic heterocycles. The summed E-state index contributed by atoms with van der Waals surface area (Å²) in [5, 5.41) is 7.29. The summed E-state index contributed by atoms with van der Waals surface area (Å²) < 4.78 is 41.3. The molecule has 1 aromatic heterocycles. The van der Waals surface area contributed by atoms with Gasteiger partial charge in [-0.2, -0.15) is 13.2 Å². The summed E-state index contributed by atoms with van der Waals surface area (Å²) in [6, 6.07) is 8.60. The van der Waals surface area contributed by atoms with Gasteiger partial charge in [0.2, 0.25) is 5.91 Å². The molecule has 2 amide bonds. The highest BCUT2D eigenvalue weighted by Gasteiger charge is 2.32. The Labute approximate surface area is 246 Å². The number of carbonyl (C=O) groups excluding carboxylic acids is 2. The average Bonchev–Trinajstić information content (AvgIpc) is 3.39. The molecule has 0 aliphatic carbocycles. The molecule has 224 valence electrons. The Morgan fingerprint density at radius 2 is 1.81 bits per heavy atom. The first-order valence-corrected chi connectivity index (χ1v) is 13.9. The van der Waals surface area contributed by atoms with E-state index in [-0.39, 0.29) is 17.2 Å². The molecule has 0 unspecified atom stereocenters. The van der Waals surface area contributed by atoms with Crippen LogP contribution in [0.1, 0.15) is 33.3 Å². The third-order valence-electron chi connectivity index (χ3n) is 6.68. The minimum absolute atomic E-state index is 0.0562. The summed E-state index contributed by atoms with van der Waals surface area (Å²) in [4.78, 5) is 33.3. The van der Waals surface area contributed by atoms with E-state index >= 15 is 0 Å². The molecule has 1 fully saturated rings. The number of piperazine rings is 1. The topological polar surface area (TPSA) is 119 Å². The van der Waals surface area contributed by atoms with Crippen molar-refractivity contribution in [1.29, 1.82) is 0 Å². The van der Waals surface area contributed by atoms with E-state index in [1.165, 1.54) is 24.5 Å². The first-order valence-electron chi connectivity index (χ1n) is 13.1. The van der Waals surface area contributed by atoms with Gasteiger partial charge in [0.25, 0.3) is 5.91 Å². The molecule has 2 aromatic carbocycles. The molecule has 0 atom stereocenters. The quantitative estimate of drug-likeness (QED) is 0.282. The van der Waals surface area contributed by atoms with Crippen LogP contribution in [0.2, 0.25) is 0 Å². The minimum Gasteiger partial charge on any atom is -0.396 e. The number of nitrogens with zero attached hydrogens (tertiary/aromatic N) is 4. The number of nitrogens with two attached hydrogens (primary N) is 1. The highest BCUT2D eigenvalue weighted by Crippen LogP contribution is 2.35. The van der Waals surface area contributed by atoms with Gasteiger partial charge in [0, 0.05) is 69.5 Å². The average molecular weight is 603 g/mol. The fraction of sp³-hybridized carbons (Fsp3) is 0.321. The normalized spacial score (nSPS) is 14.5. The van der Waals surface area contributed by atoms with Gasteiger partial charge in [-0.05, 0) is 49.9 Å². The van der Waals surface area contributed by atoms with Crippen LogP contribution >= 0.6 is 11.3 Å². The van der Waals surface area contributed by atoms with Crippen LogP contribution in [0.4, 0.5) is 35.4 Å². The number of amides is 2. The second kappa shape index (κ2) is 12.8. The SMILES string of the molecule is CNN(/C=C(\N)c1cnc(NC(C)=O)s1)c1cc(C(=O)Nc2cc(N3CCN(C)CC3)cc(C(F)(F)F)c2)ccc1C. The van der Waals surface area contributed by atoms with Crippen molar-refractivity contribution in [1.82, 2.24) is 15.3 Å². The Morgan fingerprint density at radius 3 is 2.45 bits per heavy atom. The molecule has 14 heteroatoms. The van der Waals surface area contributed by atoms with Crippen LogP contribution in [-0.4, -0.2) is 62.0 Å². The van der Waals surface area contributed by atoms with Gasteiger partial charge in [-0.3, -0.25) is 14.6 Å². The summed E-state index contributed by atoms with van der Waals surface area (Å²) in [7, 11) is 3.64. The summed E-state index contributed by atoms with van der Waals surface area (Å²) in [6.07, 6.45) is -1.42. The van der Waals surface area contributed by atoms with Crippen LogP contribution in [0.15, 0.2) is 48.8 Å². The molecular weight excluding hydrogens is 569 g/mol. The van der Waals surface area contributed by atoms with Gasteiger partial charge in [0.05, 0.1) is 21.8 Å². The van der Waals surface area contributed by atoms with Crippen molar-refractivity contribution in [2.45, 2.75) is 20.0 Å². The Bertz CT molecular complexity index is 1480. The summed E-state index contributed by atoms with van der Waals surface area (Å²) in [5.41, 5.74) is 10.9. The molecular formula is C28H33F3N8O2S. The van der Waals surface area contributed by atoms with Crippen molar-refractivity contribution in [3.05, 3.63) is 70.4 Å². The number of thiazole rings is 1. The molecule has 1 saturated heterocycles. The smallest absolute Gasteiger partial charge is 0.396 e. The van der Waals surface area contributed by atoms with Gasteiger partial charge in [-0.1, -0.05) is 17.4 Å². The van der Waals surface area contributed by atoms with E-state index in [2.05, 4.69) is 25.9 Å².